The molecule has 3 rings (SSSR count). The first kappa shape index (κ1) is 13.5. The molecule has 0 aromatic heterocycles. The van der Waals surface area contributed by atoms with Gasteiger partial charge in [-0.2, -0.15) is 0 Å². The summed E-state index contributed by atoms with van der Waals surface area (Å²) in [6.07, 6.45) is 1.13. The van der Waals surface area contributed by atoms with Gasteiger partial charge in [0, 0.05) is 29.9 Å². The Morgan fingerprint density at radius 2 is 1.86 bits per heavy atom. The summed E-state index contributed by atoms with van der Waals surface area (Å²) >= 11 is 0. The summed E-state index contributed by atoms with van der Waals surface area (Å²) in [5, 5.41) is 5.80. The van der Waals surface area contributed by atoms with Gasteiger partial charge in [0.2, 0.25) is 5.91 Å². The Hall–Kier alpha value is -2.43. The lowest BCUT2D eigenvalue weighted by Crippen LogP contribution is -2.19. The number of hydrogen-bond acceptors (Lipinski definition) is 2. The first-order chi connectivity index (χ1) is 10.1. The number of hydrogen-bond donors (Lipinski definition) is 2. The minimum Gasteiger partial charge on any atom is -0.381 e. The number of carbonyl (C=O) groups is 1. The van der Waals surface area contributed by atoms with Gasteiger partial charge in [-0.3, -0.25) is 4.79 Å². The molecule has 2 aromatic carbocycles. The van der Waals surface area contributed by atoms with Gasteiger partial charge in [-0.15, -0.1) is 0 Å². The average molecular weight is 288 g/mol. The van der Waals surface area contributed by atoms with Crippen molar-refractivity contribution in [1.82, 2.24) is 0 Å². The third-order valence-corrected chi connectivity index (χ3v) is 3.53. The Morgan fingerprint density at radius 1 is 1.10 bits per heavy atom. The van der Waals surface area contributed by atoms with Crippen molar-refractivity contribution >= 4 is 17.3 Å². The minimum atomic E-state index is -0.562. The average Bonchev–Trinajstić information content (AvgIpc) is 2.47. The Labute approximate surface area is 121 Å². The second-order valence-corrected chi connectivity index (χ2v) is 4.97. The molecule has 21 heavy (non-hydrogen) atoms. The Morgan fingerprint density at radius 3 is 2.62 bits per heavy atom. The smallest absolute Gasteiger partial charge is 0.224 e. The molecule has 0 bridgehead atoms. The molecule has 2 aromatic rings. The van der Waals surface area contributed by atoms with E-state index in [1.54, 1.807) is 12.1 Å². The van der Waals surface area contributed by atoms with E-state index in [1.807, 2.05) is 6.07 Å². The number of halogens is 2. The highest BCUT2D eigenvalue weighted by Crippen LogP contribution is 2.26. The van der Waals surface area contributed by atoms with Crippen molar-refractivity contribution in [2.75, 3.05) is 10.6 Å². The van der Waals surface area contributed by atoms with Crippen LogP contribution in [0.3, 0.4) is 0 Å². The number of carbonyl (C=O) groups excluding carboxylic acids is 1. The monoisotopic (exact) mass is 288 g/mol. The normalized spacial score (nSPS) is 13.5. The van der Waals surface area contributed by atoms with Crippen molar-refractivity contribution in [2.24, 2.45) is 0 Å². The van der Waals surface area contributed by atoms with Gasteiger partial charge in [0.05, 0.1) is 0 Å². The quantitative estimate of drug-likeness (QED) is 0.908. The summed E-state index contributed by atoms with van der Waals surface area (Å²) in [7, 11) is 0. The summed E-state index contributed by atoms with van der Waals surface area (Å²) in [4.78, 5) is 11.3. The van der Waals surface area contributed by atoms with Crippen molar-refractivity contribution in [3.63, 3.8) is 0 Å². The molecule has 0 aliphatic carbocycles. The summed E-state index contributed by atoms with van der Waals surface area (Å²) in [6, 6.07) is 9.30. The zero-order chi connectivity index (χ0) is 14.8. The van der Waals surface area contributed by atoms with Crippen molar-refractivity contribution in [3.05, 3.63) is 59.2 Å². The standard InChI is InChI=1S/C16H14F2N2O/c17-13-2-1-3-14(18)12(13)9-19-11-5-6-15-10(8-11)4-7-16(21)20-15/h1-3,5-6,8,19H,4,7,9H2,(H,20,21). The highest BCUT2D eigenvalue weighted by atomic mass is 19.1. The van der Waals surface area contributed by atoms with E-state index in [0.29, 0.717) is 12.8 Å². The maximum Gasteiger partial charge on any atom is 0.224 e. The molecule has 1 heterocycles. The van der Waals surface area contributed by atoms with E-state index < -0.39 is 11.6 Å². The molecule has 0 atom stereocenters. The van der Waals surface area contributed by atoms with Crippen LogP contribution in [0.2, 0.25) is 0 Å². The minimum absolute atomic E-state index is 0.0108. The van der Waals surface area contributed by atoms with Crippen molar-refractivity contribution < 1.29 is 13.6 Å². The van der Waals surface area contributed by atoms with Gasteiger partial charge in [0.1, 0.15) is 11.6 Å². The SMILES string of the molecule is O=C1CCc2cc(NCc3c(F)cccc3F)ccc2N1. The number of anilines is 2. The van der Waals surface area contributed by atoms with Crippen LogP contribution in [0, 0.1) is 11.6 Å². The van der Waals surface area contributed by atoms with Crippen LogP contribution >= 0.6 is 0 Å². The summed E-state index contributed by atoms with van der Waals surface area (Å²) in [6.45, 7) is 0.0731. The second kappa shape index (κ2) is 5.52. The summed E-state index contributed by atoms with van der Waals surface area (Å²) in [5.74, 6) is -1.11. The number of amides is 1. The Balaban J connectivity index is 1.76. The van der Waals surface area contributed by atoms with E-state index in [-0.39, 0.29) is 18.0 Å². The molecule has 0 spiro atoms. The molecule has 0 fully saturated rings. The maximum atomic E-state index is 13.5. The van der Waals surface area contributed by atoms with Gasteiger partial charge in [0.15, 0.2) is 0 Å². The maximum absolute atomic E-state index is 13.5. The zero-order valence-corrected chi connectivity index (χ0v) is 11.2. The molecule has 0 unspecified atom stereocenters. The van der Waals surface area contributed by atoms with Crippen LogP contribution in [0.1, 0.15) is 17.5 Å². The first-order valence-corrected chi connectivity index (χ1v) is 6.73. The molecule has 1 amide bonds. The van der Waals surface area contributed by atoms with Gasteiger partial charge in [-0.1, -0.05) is 6.07 Å². The van der Waals surface area contributed by atoms with Gasteiger partial charge >= 0.3 is 0 Å². The molecular formula is C16H14F2N2O. The molecule has 5 heteroatoms. The number of rotatable bonds is 3. The molecule has 2 N–H and O–H groups in total. The lowest BCUT2D eigenvalue weighted by molar-refractivity contribution is -0.116. The molecule has 1 aliphatic rings. The fourth-order valence-corrected chi connectivity index (χ4v) is 2.39. The van der Waals surface area contributed by atoms with Crippen LogP contribution < -0.4 is 10.6 Å². The number of benzene rings is 2. The molecule has 1 aliphatic heterocycles. The van der Waals surface area contributed by atoms with Crippen LogP contribution in [0.5, 0.6) is 0 Å². The number of aryl methyl sites for hydroxylation is 1. The molecule has 108 valence electrons. The number of fused-ring (bicyclic) bond motifs is 1. The van der Waals surface area contributed by atoms with Gasteiger partial charge < -0.3 is 10.6 Å². The second-order valence-electron chi connectivity index (χ2n) is 4.97. The third kappa shape index (κ3) is 2.86. The summed E-state index contributed by atoms with van der Waals surface area (Å²) < 4.78 is 27.1. The van der Waals surface area contributed by atoms with Gasteiger partial charge in [0.25, 0.3) is 0 Å². The fourth-order valence-electron chi connectivity index (χ4n) is 2.39. The molecule has 0 saturated carbocycles. The van der Waals surface area contributed by atoms with Crippen molar-refractivity contribution in [1.29, 1.82) is 0 Å². The fraction of sp³-hybridized carbons (Fsp3) is 0.188. The van der Waals surface area contributed by atoms with Crippen LogP contribution in [0.15, 0.2) is 36.4 Å². The lowest BCUT2D eigenvalue weighted by atomic mass is 10.0. The highest BCUT2D eigenvalue weighted by molar-refractivity contribution is 5.94. The van der Waals surface area contributed by atoms with E-state index in [9.17, 15) is 13.6 Å². The van der Waals surface area contributed by atoms with Crippen molar-refractivity contribution in [3.8, 4) is 0 Å². The largest absolute Gasteiger partial charge is 0.381 e. The third-order valence-electron chi connectivity index (χ3n) is 3.53. The van der Waals surface area contributed by atoms with Crippen LogP contribution in [0.4, 0.5) is 20.2 Å². The van der Waals surface area contributed by atoms with E-state index in [2.05, 4.69) is 10.6 Å². The van der Waals surface area contributed by atoms with Crippen LogP contribution in [-0.4, -0.2) is 5.91 Å². The molecule has 0 radical (unpaired) electrons. The first-order valence-electron chi connectivity index (χ1n) is 6.73. The molecule has 0 saturated heterocycles. The van der Waals surface area contributed by atoms with E-state index in [1.165, 1.54) is 18.2 Å². The van der Waals surface area contributed by atoms with Gasteiger partial charge in [-0.05, 0) is 42.3 Å². The predicted molar refractivity (Wildman–Crippen MR) is 77.1 cm³/mol. The molecule has 3 nitrogen and oxygen atoms in total. The predicted octanol–water partition coefficient (Wildman–Crippen LogP) is 3.46. The zero-order valence-electron chi connectivity index (χ0n) is 11.2. The van der Waals surface area contributed by atoms with Gasteiger partial charge in [-0.25, -0.2) is 8.78 Å². The lowest BCUT2D eigenvalue weighted by Gasteiger charge is -2.18. The molecular weight excluding hydrogens is 274 g/mol. The van der Waals surface area contributed by atoms with Crippen molar-refractivity contribution in [2.45, 2.75) is 19.4 Å². The van der Waals surface area contributed by atoms with Crippen LogP contribution in [0.25, 0.3) is 0 Å². The van der Waals surface area contributed by atoms with E-state index in [0.717, 1.165) is 16.9 Å². The summed E-state index contributed by atoms with van der Waals surface area (Å²) in [5.41, 5.74) is 2.61. The van der Waals surface area contributed by atoms with Crippen LogP contribution in [-0.2, 0) is 17.8 Å². The topological polar surface area (TPSA) is 41.1 Å². The number of nitrogens with one attached hydrogen (secondary N) is 2. The van der Waals surface area contributed by atoms with E-state index >= 15 is 0 Å². The highest BCUT2D eigenvalue weighted by Gasteiger charge is 2.15. The Bertz CT molecular complexity index is 680. The van der Waals surface area contributed by atoms with E-state index in [4.69, 9.17) is 0 Å². The Kier molecular flexibility index (Phi) is 3.56.